The molecule has 6 nitrogen and oxygen atoms in total. The minimum atomic E-state index is -0.207. The summed E-state index contributed by atoms with van der Waals surface area (Å²) in [5, 5.41) is 2.86. The number of rotatable bonds is 5. The molecule has 3 rings (SSSR count). The summed E-state index contributed by atoms with van der Waals surface area (Å²) in [7, 11) is 0. The SMILES string of the molecule is Cc1ccc(NC(=O)c2cccc(CN)c2)cc1Oc1ncccn1. The molecule has 1 heterocycles. The highest BCUT2D eigenvalue weighted by molar-refractivity contribution is 6.04. The molecule has 1 amide bonds. The second-order valence-corrected chi connectivity index (χ2v) is 5.47. The van der Waals surface area contributed by atoms with Gasteiger partial charge in [0.25, 0.3) is 5.91 Å². The largest absolute Gasteiger partial charge is 0.424 e. The average Bonchev–Trinajstić information content (AvgIpc) is 2.65. The highest BCUT2D eigenvalue weighted by atomic mass is 16.5. The van der Waals surface area contributed by atoms with Crippen molar-refractivity contribution in [3.8, 4) is 11.8 Å². The lowest BCUT2D eigenvalue weighted by atomic mass is 10.1. The molecule has 0 aliphatic heterocycles. The average molecular weight is 334 g/mol. The maximum absolute atomic E-state index is 12.4. The van der Waals surface area contributed by atoms with Crippen LogP contribution in [0.15, 0.2) is 60.9 Å². The van der Waals surface area contributed by atoms with Crippen LogP contribution >= 0.6 is 0 Å². The van der Waals surface area contributed by atoms with Gasteiger partial charge in [-0.2, -0.15) is 0 Å². The van der Waals surface area contributed by atoms with Crippen LogP contribution in [0, 0.1) is 6.92 Å². The third-order valence-corrected chi connectivity index (χ3v) is 3.61. The molecule has 0 unspecified atom stereocenters. The molecule has 0 aliphatic carbocycles. The van der Waals surface area contributed by atoms with Gasteiger partial charge in [0, 0.05) is 36.3 Å². The molecular weight excluding hydrogens is 316 g/mol. The Labute approximate surface area is 145 Å². The minimum absolute atomic E-state index is 0.207. The molecule has 0 atom stereocenters. The molecule has 0 spiro atoms. The van der Waals surface area contributed by atoms with Gasteiger partial charge < -0.3 is 15.8 Å². The van der Waals surface area contributed by atoms with Gasteiger partial charge in [0.05, 0.1) is 0 Å². The molecule has 0 fully saturated rings. The highest BCUT2D eigenvalue weighted by Gasteiger charge is 2.09. The van der Waals surface area contributed by atoms with Crippen LogP contribution in [0.2, 0.25) is 0 Å². The third-order valence-electron chi connectivity index (χ3n) is 3.61. The lowest BCUT2D eigenvalue weighted by Crippen LogP contribution is -2.12. The molecule has 6 heteroatoms. The number of nitrogens with one attached hydrogen (secondary N) is 1. The van der Waals surface area contributed by atoms with Gasteiger partial charge in [0.2, 0.25) is 0 Å². The van der Waals surface area contributed by atoms with Gasteiger partial charge in [-0.15, -0.1) is 0 Å². The number of ether oxygens (including phenoxy) is 1. The Balaban J connectivity index is 1.78. The lowest BCUT2D eigenvalue weighted by molar-refractivity contribution is 0.102. The Morgan fingerprint density at radius 2 is 1.92 bits per heavy atom. The number of benzene rings is 2. The van der Waals surface area contributed by atoms with E-state index >= 15 is 0 Å². The fourth-order valence-corrected chi connectivity index (χ4v) is 2.27. The summed E-state index contributed by atoms with van der Waals surface area (Å²) in [6.45, 7) is 2.30. The number of hydrogen-bond donors (Lipinski definition) is 2. The lowest BCUT2D eigenvalue weighted by Gasteiger charge is -2.11. The van der Waals surface area contributed by atoms with Crippen LogP contribution in [0.3, 0.4) is 0 Å². The van der Waals surface area contributed by atoms with Gasteiger partial charge in [-0.05, 0) is 42.3 Å². The fourth-order valence-electron chi connectivity index (χ4n) is 2.27. The number of carbonyl (C=O) groups excluding carboxylic acids is 1. The van der Waals surface area contributed by atoms with Crippen LogP contribution in [0.4, 0.5) is 5.69 Å². The number of nitrogens with two attached hydrogens (primary N) is 1. The summed E-state index contributed by atoms with van der Waals surface area (Å²) >= 11 is 0. The van der Waals surface area contributed by atoms with Crippen LogP contribution < -0.4 is 15.8 Å². The van der Waals surface area contributed by atoms with Crippen molar-refractivity contribution in [3.63, 3.8) is 0 Å². The third kappa shape index (κ3) is 4.19. The van der Waals surface area contributed by atoms with E-state index in [0.717, 1.165) is 11.1 Å². The van der Waals surface area contributed by atoms with Crippen molar-refractivity contribution < 1.29 is 9.53 Å². The van der Waals surface area contributed by atoms with Crippen molar-refractivity contribution >= 4 is 11.6 Å². The number of nitrogens with zero attached hydrogens (tertiary/aromatic N) is 2. The Morgan fingerprint density at radius 3 is 2.68 bits per heavy atom. The molecule has 2 aromatic carbocycles. The standard InChI is InChI=1S/C19H18N4O2/c1-13-6-7-16(11-17(13)25-19-21-8-3-9-22-19)23-18(24)15-5-2-4-14(10-15)12-20/h2-11H,12,20H2,1H3,(H,23,24). The van der Waals surface area contributed by atoms with E-state index in [9.17, 15) is 4.79 Å². The first-order chi connectivity index (χ1) is 12.2. The van der Waals surface area contributed by atoms with Crippen LogP contribution in [0.5, 0.6) is 11.8 Å². The first-order valence-electron chi connectivity index (χ1n) is 7.81. The Bertz CT molecular complexity index is 882. The number of carbonyl (C=O) groups is 1. The predicted molar refractivity (Wildman–Crippen MR) is 95.6 cm³/mol. The molecule has 0 radical (unpaired) electrons. The van der Waals surface area contributed by atoms with Crippen molar-refractivity contribution in [2.45, 2.75) is 13.5 Å². The summed E-state index contributed by atoms with van der Waals surface area (Å²) in [6.07, 6.45) is 3.21. The van der Waals surface area contributed by atoms with Gasteiger partial charge in [-0.3, -0.25) is 4.79 Å². The smallest absolute Gasteiger partial charge is 0.321 e. The number of hydrogen-bond acceptors (Lipinski definition) is 5. The zero-order valence-corrected chi connectivity index (χ0v) is 13.8. The molecule has 1 aromatic heterocycles. The van der Waals surface area contributed by atoms with Gasteiger partial charge in [-0.25, -0.2) is 9.97 Å². The molecule has 0 aliphatic rings. The maximum atomic E-state index is 12.4. The van der Waals surface area contributed by atoms with Gasteiger partial charge >= 0.3 is 6.01 Å². The summed E-state index contributed by atoms with van der Waals surface area (Å²) in [5.41, 5.74) is 8.62. The van der Waals surface area contributed by atoms with Crippen molar-refractivity contribution in [2.24, 2.45) is 5.73 Å². The zero-order valence-electron chi connectivity index (χ0n) is 13.8. The first-order valence-corrected chi connectivity index (χ1v) is 7.81. The molecule has 25 heavy (non-hydrogen) atoms. The van der Waals surface area contributed by atoms with Crippen LogP contribution in [0.25, 0.3) is 0 Å². The molecule has 0 saturated heterocycles. The number of aromatic nitrogens is 2. The zero-order chi connectivity index (χ0) is 17.6. The quantitative estimate of drug-likeness (QED) is 0.747. The molecule has 0 bridgehead atoms. The van der Waals surface area contributed by atoms with Crippen molar-refractivity contribution in [3.05, 3.63) is 77.6 Å². The predicted octanol–water partition coefficient (Wildman–Crippen LogP) is 3.29. The molecule has 3 aromatic rings. The van der Waals surface area contributed by atoms with E-state index in [1.807, 2.05) is 31.2 Å². The van der Waals surface area contributed by atoms with E-state index in [2.05, 4.69) is 15.3 Å². The summed E-state index contributed by atoms with van der Waals surface area (Å²) < 4.78 is 5.68. The second kappa shape index (κ2) is 7.55. The summed E-state index contributed by atoms with van der Waals surface area (Å²) in [5.74, 6) is 0.376. The normalized spacial score (nSPS) is 10.3. The highest BCUT2D eigenvalue weighted by Crippen LogP contribution is 2.26. The Morgan fingerprint density at radius 1 is 1.12 bits per heavy atom. The Kier molecular flexibility index (Phi) is 5.01. The number of amides is 1. The van der Waals surface area contributed by atoms with Crippen LogP contribution in [-0.4, -0.2) is 15.9 Å². The summed E-state index contributed by atoms with van der Waals surface area (Å²) in [4.78, 5) is 20.5. The molecular formula is C19H18N4O2. The minimum Gasteiger partial charge on any atom is -0.424 e. The maximum Gasteiger partial charge on any atom is 0.321 e. The topological polar surface area (TPSA) is 90.1 Å². The van der Waals surface area contributed by atoms with E-state index in [1.54, 1.807) is 36.7 Å². The van der Waals surface area contributed by atoms with Crippen LogP contribution in [-0.2, 0) is 6.54 Å². The second-order valence-electron chi connectivity index (χ2n) is 5.47. The first kappa shape index (κ1) is 16.6. The van der Waals surface area contributed by atoms with Gasteiger partial charge in [0.15, 0.2) is 0 Å². The Hall–Kier alpha value is -3.25. The molecule has 0 saturated carbocycles. The van der Waals surface area contributed by atoms with Crippen molar-refractivity contribution in [1.82, 2.24) is 9.97 Å². The van der Waals surface area contributed by atoms with E-state index < -0.39 is 0 Å². The van der Waals surface area contributed by atoms with Crippen molar-refractivity contribution in [2.75, 3.05) is 5.32 Å². The van der Waals surface area contributed by atoms with E-state index in [-0.39, 0.29) is 11.9 Å². The summed E-state index contributed by atoms with van der Waals surface area (Å²) in [6, 6.07) is 14.6. The molecule has 3 N–H and O–H groups in total. The number of anilines is 1. The fraction of sp³-hybridized carbons (Fsp3) is 0.105. The van der Waals surface area contributed by atoms with Gasteiger partial charge in [-0.1, -0.05) is 18.2 Å². The molecule has 126 valence electrons. The van der Waals surface area contributed by atoms with Gasteiger partial charge in [0.1, 0.15) is 5.75 Å². The van der Waals surface area contributed by atoms with E-state index in [1.165, 1.54) is 0 Å². The van der Waals surface area contributed by atoms with Crippen LogP contribution in [0.1, 0.15) is 21.5 Å². The van der Waals surface area contributed by atoms with E-state index in [0.29, 0.717) is 23.5 Å². The van der Waals surface area contributed by atoms with E-state index in [4.69, 9.17) is 10.5 Å². The van der Waals surface area contributed by atoms with Crippen molar-refractivity contribution in [1.29, 1.82) is 0 Å². The monoisotopic (exact) mass is 334 g/mol. The number of aryl methyl sites for hydroxylation is 1.